The summed E-state index contributed by atoms with van der Waals surface area (Å²) in [6, 6.07) is 8.00. The van der Waals surface area contributed by atoms with Gasteiger partial charge in [0.1, 0.15) is 0 Å². The molecule has 0 radical (unpaired) electrons. The van der Waals surface area contributed by atoms with E-state index in [0.717, 1.165) is 5.69 Å². The molecule has 0 saturated carbocycles. The fourth-order valence-corrected chi connectivity index (χ4v) is 2.60. The van der Waals surface area contributed by atoms with Gasteiger partial charge in [-0.2, -0.15) is 0 Å². The molecule has 144 valence electrons. The van der Waals surface area contributed by atoms with Gasteiger partial charge in [0.15, 0.2) is 18.2 Å². The number of aryl methyl sites for hydroxylation is 3. The molecular weight excluding hydrogens is 360 g/mol. The van der Waals surface area contributed by atoms with Crippen LogP contribution in [0.1, 0.15) is 21.9 Å². The van der Waals surface area contributed by atoms with Crippen molar-refractivity contribution in [3.05, 3.63) is 76.2 Å². The Balaban J connectivity index is 1.66. The summed E-state index contributed by atoms with van der Waals surface area (Å²) in [5, 5.41) is 2.66. The zero-order valence-electron chi connectivity index (χ0n) is 15.8. The van der Waals surface area contributed by atoms with Gasteiger partial charge in [-0.05, 0) is 19.1 Å². The maximum Gasteiger partial charge on any atom is 0.262 e. The normalized spacial score (nSPS) is 10.5. The molecule has 0 aliphatic carbocycles. The lowest BCUT2D eigenvalue weighted by molar-refractivity contribution is -0.118. The van der Waals surface area contributed by atoms with Gasteiger partial charge in [0.05, 0.1) is 0 Å². The molecule has 0 aliphatic rings. The number of nitrogens with zero attached hydrogens (tertiary/aromatic N) is 3. The minimum Gasteiger partial charge on any atom is -0.478 e. The van der Waals surface area contributed by atoms with E-state index in [4.69, 9.17) is 4.74 Å². The van der Waals surface area contributed by atoms with Gasteiger partial charge in [0.25, 0.3) is 5.91 Å². The molecule has 0 aliphatic heterocycles. The summed E-state index contributed by atoms with van der Waals surface area (Å²) < 4.78 is 8.70. The summed E-state index contributed by atoms with van der Waals surface area (Å²) in [6.07, 6.45) is 4.77. The molecule has 0 fully saturated rings. The number of hydrogen-bond donors (Lipinski definition) is 1. The monoisotopic (exact) mass is 380 g/mol. The van der Waals surface area contributed by atoms with E-state index < -0.39 is 5.91 Å². The average molecular weight is 380 g/mol. The summed E-state index contributed by atoms with van der Waals surface area (Å²) in [5.41, 5.74) is 1.35. The predicted molar refractivity (Wildman–Crippen MR) is 104 cm³/mol. The van der Waals surface area contributed by atoms with Crippen LogP contribution in [0.25, 0.3) is 0 Å². The van der Waals surface area contributed by atoms with Gasteiger partial charge in [-0.3, -0.25) is 14.4 Å². The van der Waals surface area contributed by atoms with Gasteiger partial charge in [-0.25, -0.2) is 4.98 Å². The molecule has 1 N–H and O–H groups in total. The van der Waals surface area contributed by atoms with E-state index in [0.29, 0.717) is 17.1 Å². The Kier molecular flexibility index (Phi) is 5.39. The Bertz CT molecular complexity index is 1100. The number of rotatable bonds is 6. The SMILES string of the molecule is Cc1cc(=O)c(OCC(=O)Nc2cccc(C(=O)c3nccn3C)c2)cn1C. The van der Waals surface area contributed by atoms with Crippen molar-refractivity contribution in [2.75, 3.05) is 11.9 Å². The molecule has 8 nitrogen and oxygen atoms in total. The van der Waals surface area contributed by atoms with Crippen molar-refractivity contribution in [2.45, 2.75) is 6.92 Å². The van der Waals surface area contributed by atoms with Crippen molar-refractivity contribution in [1.29, 1.82) is 0 Å². The van der Waals surface area contributed by atoms with Crippen LogP contribution in [0.3, 0.4) is 0 Å². The van der Waals surface area contributed by atoms with Crippen molar-refractivity contribution >= 4 is 17.4 Å². The van der Waals surface area contributed by atoms with Gasteiger partial charge in [0, 0.05) is 55.7 Å². The van der Waals surface area contributed by atoms with Crippen molar-refractivity contribution < 1.29 is 14.3 Å². The van der Waals surface area contributed by atoms with Crippen molar-refractivity contribution in [2.24, 2.45) is 14.1 Å². The Morgan fingerprint density at radius 2 is 1.96 bits per heavy atom. The Morgan fingerprint density at radius 3 is 2.68 bits per heavy atom. The molecule has 1 aromatic carbocycles. The van der Waals surface area contributed by atoms with E-state index >= 15 is 0 Å². The molecule has 3 aromatic rings. The van der Waals surface area contributed by atoms with Gasteiger partial charge in [-0.1, -0.05) is 12.1 Å². The molecule has 0 bridgehead atoms. The summed E-state index contributed by atoms with van der Waals surface area (Å²) in [5.74, 6) is -0.281. The van der Waals surface area contributed by atoms with E-state index in [2.05, 4.69) is 10.3 Å². The van der Waals surface area contributed by atoms with Crippen LogP contribution >= 0.6 is 0 Å². The first-order chi connectivity index (χ1) is 13.3. The highest BCUT2D eigenvalue weighted by molar-refractivity contribution is 6.07. The Labute approximate surface area is 161 Å². The molecule has 3 rings (SSSR count). The van der Waals surface area contributed by atoms with E-state index in [1.807, 2.05) is 0 Å². The fourth-order valence-electron chi connectivity index (χ4n) is 2.60. The number of ether oxygens (including phenoxy) is 1. The maximum absolute atomic E-state index is 12.5. The fraction of sp³-hybridized carbons (Fsp3) is 0.200. The largest absolute Gasteiger partial charge is 0.478 e. The summed E-state index contributed by atoms with van der Waals surface area (Å²) in [6.45, 7) is 1.48. The van der Waals surface area contributed by atoms with Crippen LogP contribution in [0.4, 0.5) is 5.69 Å². The smallest absolute Gasteiger partial charge is 0.262 e. The van der Waals surface area contributed by atoms with Crippen LogP contribution in [0.15, 0.2) is 53.7 Å². The van der Waals surface area contributed by atoms with Gasteiger partial charge < -0.3 is 19.2 Å². The first kappa shape index (κ1) is 19.1. The summed E-state index contributed by atoms with van der Waals surface area (Å²) in [7, 11) is 3.52. The molecule has 0 unspecified atom stereocenters. The number of aromatic nitrogens is 3. The predicted octanol–water partition coefficient (Wildman–Crippen LogP) is 1.68. The highest BCUT2D eigenvalue weighted by Crippen LogP contribution is 2.14. The molecule has 28 heavy (non-hydrogen) atoms. The maximum atomic E-state index is 12.5. The average Bonchev–Trinajstić information content (AvgIpc) is 3.09. The number of hydrogen-bond acceptors (Lipinski definition) is 5. The van der Waals surface area contributed by atoms with Crippen LogP contribution in [-0.4, -0.2) is 32.4 Å². The molecule has 0 spiro atoms. The quantitative estimate of drug-likeness (QED) is 0.657. The lowest BCUT2D eigenvalue weighted by Crippen LogP contribution is -2.23. The van der Waals surface area contributed by atoms with E-state index in [-0.39, 0.29) is 23.6 Å². The number of pyridine rings is 1. The molecular formula is C20H20N4O4. The number of benzene rings is 1. The minimum atomic E-state index is -0.441. The van der Waals surface area contributed by atoms with Crippen molar-refractivity contribution in [3.63, 3.8) is 0 Å². The van der Waals surface area contributed by atoms with Crippen molar-refractivity contribution in [1.82, 2.24) is 14.1 Å². The van der Waals surface area contributed by atoms with Crippen LogP contribution in [0, 0.1) is 6.92 Å². The standard InChI is InChI=1S/C20H20N4O4/c1-13-9-16(25)17(11-24(13)3)28-12-18(26)22-15-6-4-5-14(10-15)19(27)20-21-7-8-23(20)2/h4-11H,12H2,1-3H3,(H,22,26). The second kappa shape index (κ2) is 7.91. The second-order valence-corrected chi connectivity index (χ2v) is 6.36. The number of nitrogens with one attached hydrogen (secondary N) is 1. The first-order valence-corrected chi connectivity index (χ1v) is 8.57. The van der Waals surface area contributed by atoms with Gasteiger partial charge >= 0.3 is 0 Å². The molecule has 1 amide bonds. The summed E-state index contributed by atoms with van der Waals surface area (Å²) >= 11 is 0. The highest BCUT2D eigenvalue weighted by atomic mass is 16.5. The number of imidazole rings is 1. The molecule has 8 heteroatoms. The molecule has 2 aromatic heterocycles. The first-order valence-electron chi connectivity index (χ1n) is 8.57. The second-order valence-electron chi connectivity index (χ2n) is 6.36. The third-order valence-corrected chi connectivity index (χ3v) is 4.24. The van der Waals surface area contributed by atoms with Gasteiger partial charge in [-0.15, -0.1) is 0 Å². The minimum absolute atomic E-state index is 0.0990. The topological polar surface area (TPSA) is 95.2 Å². The number of anilines is 1. The lowest BCUT2D eigenvalue weighted by Gasteiger charge is -2.10. The van der Waals surface area contributed by atoms with Crippen LogP contribution < -0.4 is 15.5 Å². The highest BCUT2D eigenvalue weighted by Gasteiger charge is 2.15. The van der Waals surface area contributed by atoms with Crippen LogP contribution in [0.2, 0.25) is 0 Å². The van der Waals surface area contributed by atoms with Crippen LogP contribution in [0.5, 0.6) is 5.75 Å². The number of carbonyl (C=O) groups excluding carboxylic acids is 2. The number of amides is 1. The van der Waals surface area contributed by atoms with Gasteiger partial charge in [0.2, 0.25) is 11.2 Å². The van der Waals surface area contributed by atoms with E-state index in [1.54, 1.807) is 66.8 Å². The van der Waals surface area contributed by atoms with Crippen LogP contribution in [-0.2, 0) is 18.9 Å². The molecule has 0 atom stereocenters. The van der Waals surface area contributed by atoms with E-state index in [1.165, 1.54) is 12.3 Å². The third-order valence-electron chi connectivity index (χ3n) is 4.24. The van der Waals surface area contributed by atoms with E-state index in [9.17, 15) is 14.4 Å². The molecule has 0 saturated heterocycles. The number of carbonyl (C=O) groups is 2. The third kappa shape index (κ3) is 4.17. The Morgan fingerprint density at radius 1 is 1.18 bits per heavy atom. The zero-order valence-corrected chi connectivity index (χ0v) is 15.8. The van der Waals surface area contributed by atoms with Crippen molar-refractivity contribution in [3.8, 4) is 5.75 Å². The Hall–Kier alpha value is -3.68. The summed E-state index contributed by atoms with van der Waals surface area (Å²) in [4.78, 5) is 40.6. The lowest BCUT2D eigenvalue weighted by atomic mass is 10.1. The number of ketones is 1. The molecule has 2 heterocycles. The zero-order chi connectivity index (χ0) is 20.3.